The number of aryl methyl sites for hydroxylation is 1. The Balaban J connectivity index is 1.79. The molecule has 0 bridgehead atoms. The van der Waals surface area contributed by atoms with Gasteiger partial charge in [0.1, 0.15) is 0 Å². The summed E-state index contributed by atoms with van der Waals surface area (Å²) < 4.78 is 0.991. The van der Waals surface area contributed by atoms with Gasteiger partial charge in [0.05, 0.1) is 16.3 Å². The lowest BCUT2D eigenvalue weighted by Crippen LogP contribution is -2.19. The molecule has 3 rings (SSSR count). The quantitative estimate of drug-likeness (QED) is 0.697. The highest BCUT2D eigenvalue weighted by Crippen LogP contribution is 2.31. The van der Waals surface area contributed by atoms with Crippen LogP contribution < -0.4 is 10.2 Å². The molecule has 0 unspecified atom stereocenters. The Kier molecular flexibility index (Phi) is 5.84. The van der Waals surface area contributed by atoms with Crippen LogP contribution in [0.2, 0.25) is 0 Å². The first-order chi connectivity index (χ1) is 12.5. The highest BCUT2D eigenvalue weighted by atomic mass is 79.9. The molecule has 134 valence electrons. The number of aliphatic imine (C=N–C) groups is 1. The van der Waals surface area contributed by atoms with E-state index in [0.717, 1.165) is 27.8 Å². The summed E-state index contributed by atoms with van der Waals surface area (Å²) in [6.07, 6.45) is 2.88. The zero-order valence-electron chi connectivity index (χ0n) is 14.9. The number of nitrogens with zero attached hydrogens (tertiary/aromatic N) is 2. The molecule has 4 nitrogen and oxygen atoms in total. The Labute approximate surface area is 166 Å². The molecular formula is C20H20BrN3OS. The van der Waals surface area contributed by atoms with Crippen LogP contribution >= 0.6 is 27.7 Å². The van der Waals surface area contributed by atoms with Crippen LogP contribution in [-0.2, 0) is 11.2 Å². The lowest BCUT2D eigenvalue weighted by molar-refractivity contribution is -0.115. The number of carbonyl (C=O) groups is 1. The Hall–Kier alpha value is -2.05. The van der Waals surface area contributed by atoms with Gasteiger partial charge < -0.3 is 10.2 Å². The predicted molar refractivity (Wildman–Crippen MR) is 115 cm³/mol. The molecule has 0 spiro atoms. The van der Waals surface area contributed by atoms with E-state index >= 15 is 0 Å². The van der Waals surface area contributed by atoms with E-state index < -0.39 is 0 Å². The number of halogens is 1. The van der Waals surface area contributed by atoms with Gasteiger partial charge in [-0.3, -0.25) is 4.79 Å². The van der Waals surface area contributed by atoms with Gasteiger partial charge in [0.15, 0.2) is 5.17 Å². The molecular weight excluding hydrogens is 410 g/mol. The number of benzene rings is 2. The molecule has 1 fully saturated rings. The summed E-state index contributed by atoms with van der Waals surface area (Å²) in [5.74, 6) is -0.119. The van der Waals surface area contributed by atoms with Gasteiger partial charge in [-0.2, -0.15) is 0 Å². The molecule has 0 radical (unpaired) electrons. The Morgan fingerprint density at radius 1 is 1.19 bits per heavy atom. The van der Waals surface area contributed by atoms with E-state index in [0.29, 0.717) is 10.1 Å². The summed E-state index contributed by atoms with van der Waals surface area (Å²) in [6, 6.07) is 14.1. The van der Waals surface area contributed by atoms with Gasteiger partial charge in [-0.15, -0.1) is 0 Å². The van der Waals surface area contributed by atoms with Gasteiger partial charge in [0.25, 0.3) is 5.91 Å². The average Bonchev–Trinajstić information content (AvgIpc) is 2.94. The van der Waals surface area contributed by atoms with E-state index in [1.54, 1.807) is 0 Å². The number of nitrogens with one attached hydrogen (secondary N) is 1. The van der Waals surface area contributed by atoms with Gasteiger partial charge >= 0.3 is 0 Å². The molecule has 0 saturated carbocycles. The molecule has 0 aliphatic carbocycles. The lowest BCUT2D eigenvalue weighted by Gasteiger charge is -2.14. The van der Waals surface area contributed by atoms with E-state index in [-0.39, 0.29) is 5.91 Å². The molecule has 0 atom stereocenters. The lowest BCUT2D eigenvalue weighted by atomic mass is 10.2. The molecule has 1 heterocycles. The van der Waals surface area contributed by atoms with Gasteiger partial charge in [0.2, 0.25) is 0 Å². The van der Waals surface area contributed by atoms with Crippen LogP contribution in [-0.4, -0.2) is 25.2 Å². The minimum atomic E-state index is -0.119. The van der Waals surface area contributed by atoms with Crippen molar-refractivity contribution in [1.82, 2.24) is 5.32 Å². The summed E-state index contributed by atoms with van der Waals surface area (Å²) in [7, 11) is 3.99. The van der Waals surface area contributed by atoms with Crippen molar-refractivity contribution in [2.24, 2.45) is 4.99 Å². The number of rotatable bonds is 4. The highest BCUT2D eigenvalue weighted by Gasteiger charge is 2.23. The molecule has 1 N–H and O–H groups in total. The van der Waals surface area contributed by atoms with Crippen molar-refractivity contribution in [3.05, 3.63) is 63.0 Å². The zero-order chi connectivity index (χ0) is 18.7. The third-order valence-corrected chi connectivity index (χ3v) is 5.52. The maximum Gasteiger partial charge on any atom is 0.264 e. The largest absolute Gasteiger partial charge is 0.377 e. The Bertz CT molecular complexity index is 888. The fourth-order valence-corrected chi connectivity index (χ4v) is 4.12. The smallest absolute Gasteiger partial charge is 0.264 e. The SMILES string of the molecule is CCc1ccc(N=C2NC(=O)/C(=C/c3ccc(N(C)C)c(Br)c3)S2)cc1. The summed E-state index contributed by atoms with van der Waals surface area (Å²) >= 11 is 4.94. The zero-order valence-corrected chi connectivity index (χ0v) is 17.3. The topological polar surface area (TPSA) is 44.7 Å². The van der Waals surface area contributed by atoms with Gasteiger partial charge in [-0.05, 0) is 75.6 Å². The van der Waals surface area contributed by atoms with Crippen LogP contribution in [0.1, 0.15) is 18.1 Å². The van der Waals surface area contributed by atoms with Crippen molar-refractivity contribution in [2.45, 2.75) is 13.3 Å². The van der Waals surface area contributed by atoms with Crippen LogP contribution in [0, 0.1) is 0 Å². The van der Waals surface area contributed by atoms with Crippen molar-refractivity contribution in [3.8, 4) is 0 Å². The standard InChI is InChI=1S/C20H20BrN3OS/c1-4-13-5-8-15(9-6-13)22-20-23-19(25)18(26-20)12-14-7-10-17(24(2)3)16(21)11-14/h5-12H,4H2,1-3H3,(H,22,23,25)/b18-12-. The molecule has 1 saturated heterocycles. The maximum absolute atomic E-state index is 12.2. The maximum atomic E-state index is 12.2. The molecule has 0 aromatic heterocycles. The highest BCUT2D eigenvalue weighted by molar-refractivity contribution is 9.10. The van der Waals surface area contributed by atoms with Crippen molar-refractivity contribution in [1.29, 1.82) is 0 Å². The van der Waals surface area contributed by atoms with Crippen LogP contribution in [0.15, 0.2) is 56.8 Å². The summed E-state index contributed by atoms with van der Waals surface area (Å²) in [5.41, 5.74) is 4.16. The normalized spacial score (nSPS) is 17.0. The fourth-order valence-electron chi connectivity index (χ4n) is 2.53. The van der Waals surface area contributed by atoms with E-state index in [9.17, 15) is 4.79 Å². The van der Waals surface area contributed by atoms with Crippen molar-refractivity contribution in [3.63, 3.8) is 0 Å². The Morgan fingerprint density at radius 3 is 2.54 bits per heavy atom. The Morgan fingerprint density at radius 2 is 1.92 bits per heavy atom. The van der Waals surface area contributed by atoms with Crippen LogP contribution in [0.4, 0.5) is 11.4 Å². The van der Waals surface area contributed by atoms with Crippen LogP contribution in [0.3, 0.4) is 0 Å². The number of amides is 1. The van der Waals surface area contributed by atoms with E-state index in [1.807, 2.05) is 55.4 Å². The predicted octanol–water partition coefficient (Wildman–Crippen LogP) is 4.97. The van der Waals surface area contributed by atoms with E-state index in [1.165, 1.54) is 17.3 Å². The van der Waals surface area contributed by atoms with Crippen molar-refractivity contribution >= 4 is 56.2 Å². The number of thioether (sulfide) groups is 1. The molecule has 1 amide bonds. The first kappa shape index (κ1) is 18.7. The number of hydrogen-bond donors (Lipinski definition) is 1. The summed E-state index contributed by atoms with van der Waals surface area (Å²) in [5, 5.41) is 3.44. The third-order valence-electron chi connectivity index (χ3n) is 3.98. The first-order valence-corrected chi connectivity index (χ1v) is 9.92. The number of hydrogen-bond acceptors (Lipinski definition) is 4. The molecule has 1 aliphatic heterocycles. The van der Waals surface area contributed by atoms with Crippen LogP contribution in [0.5, 0.6) is 0 Å². The second-order valence-corrected chi connectivity index (χ2v) is 7.99. The number of anilines is 1. The molecule has 2 aromatic carbocycles. The number of carbonyl (C=O) groups excluding carboxylic acids is 1. The molecule has 2 aromatic rings. The second-order valence-electron chi connectivity index (χ2n) is 6.11. The molecule has 1 aliphatic rings. The fraction of sp³-hybridized carbons (Fsp3) is 0.200. The van der Waals surface area contributed by atoms with Crippen molar-refractivity contribution in [2.75, 3.05) is 19.0 Å². The molecule has 6 heteroatoms. The van der Waals surface area contributed by atoms with Gasteiger partial charge in [0, 0.05) is 18.6 Å². The van der Waals surface area contributed by atoms with Gasteiger partial charge in [-0.1, -0.05) is 25.1 Å². The monoisotopic (exact) mass is 429 g/mol. The van der Waals surface area contributed by atoms with Crippen molar-refractivity contribution < 1.29 is 4.79 Å². The first-order valence-electron chi connectivity index (χ1n) is 8.31. The minimum Gasteiger partial charge on any atom is -0.377 e. The average molecular weight is 430 g/mol. The molecule has 26 heavy (non-hydrogen) atoms. The number of amidine groups is 1. The summed E-state index contributed by atoms with van der Waals surface area (Å²) in [4.78, 5) is 19.4. The third kappa shape index (κ3) is 4.37. The van der Waals surface area contributed by atoms with E-state index in [2.05, 4.69) is 45.3 Å². The summed E-state index contributed by atoms with van der Waals surface area (Å²) in [6.45, 7) is 2.12. The minimum absolute atomic E-state index is 0.119. The van der Waals surface area contributed by atoms with Gasteiger partial charge in [-0.25, -0.2) is 4.99 Å². The second kappa shape index (κ2) is 8.10. The van der Waals surface area contributed by atoms with E-state index in [4.69, 9.17) is 0 Å². The van der Waals surface area contributed by atoms with Crippen LogP contribution in [0.25, 0.3) is 6.08 Å².